The first-order valence-electron chi connectivity index (χ1n) is 6.39. The number of aromatic nitrogens is 3. The molecule has 3 rings (SSSR count). The predicted octanol–water partition coefficient (Wildman–Crippen LogP) is 2.29. The van der Waals surface area contributed by atoms with Gasteiger partial charge in [0.25, 0.3) is 5.56 Å². The SMILES string of the molecule is Cc1cc2c(=O)n(CC(=O)c3ccc(I)cc3)ccn2n1. The van der Waals surface area contributed by atoms with Crippen LogP contribution in [-0.4, -0.2) is 20.0 Å². The van der Waals surface area contributed by atoms with Crippen LogP contribution in [-0.2, 0) is 6.54 Å². The Hall–Kier alpha value is -1.96. The van der Waals surface area contributed by atoms with Crippen molar-refractivity contribution >= 4 is 33.9 Å². The van der Waals surface area contributed by atoms with E-state index in [1.165, 1.54) is 9.08 Å². The molecular formula is C15H12IN3O2. The van der Waals surface area contributed by atoms with Gasteiger partial charge in [0, 0.05) is 21.5 Å². The van der Waals surface area contributed by atoms with Crippen molar-refractivity contribution in [1.82, 2.24) is 14.2 Å². The normalized spacial score (nSPS) is 11.0. The van der Waals surface area contributed by atoms with Crippen molar-refractivity contribution in [2.75, 3.05) is 0 Å². The van der Waals surface area contributed by atoms with Gasteiger partial charge in [-0.2, -0.15) is 5.10 Å². The maximum atomic E-state index is 12.3. The third-order valence-corrected chi connectivity index (χ3v) is 3.93. The Balaban J connectivity index is 1.94. The number of carbonyl (C=O) groups excluding carboxylic acids is 1. The number of aryl methyl sites for hydroxylation is 1. The fourth-order valence-corrected chi connectivity index (χ4v) is 2.51. The van der Waals surface area contributed by atoms with Gasteiger partial charge in [0.2, 0.25) is 0 Å². The molecule has 0 fully saturated rings. The number of halogens is 1. The minimum atomic E-state index is -0.211. The van der Waals surface area contributed by atoms with E-state index in [9.17, 15) is 9.59 Å². The van der Waals surface area contributed by atoms with Crippen LogP contribution < -0.4 is 5.56 Å². The molecule has 0 radical (unpaired) electrons. The first kappa shape index (κ1) is 14.0. The average Bonchev–Trinajstić information content (AvgIpc) is 2.84. The molecule has 0 aliphatic heterocycles. The van der Waals surface area contributed by atoms with Gasteiger partial charge in [-0.25, -0.2) is 4.52 Å². The number of hydrogen-bond acceptors (Lipinski definition) is 3. The lowest BCUT2D eigenvalue weighted by Crippen LogP contribution is -2.25. The van der Waals surface area contributed by atoms with Crippen LogP contribution in [0.4, 0.5) is 0 Å². The second-order valence-electron chi connectivity index (χ2n) is 4.78. The smallest absolute Gasteiger partial charge is 0.276 e. The Morgan fingerprint density at radius 3 is 2.67 bits per heavy atom. The number of carbonyl (C=O) groups is 1. The summed E-state index contributed by atoms with van der Waals surface area (Å²) in [6.07, 6.45) is 3.28. The summed E-state index contributed by atoms with van der Waals surface area (Å²) in [6.45, 7) is 1.85. The zero-order valence-corrected chi connectivity index (χ0v) is 13.4. The average molecular weight is 393 g/mol. The molecule has 5 nitrogen and oxygen atoms in total. The largest absolute Gasteiger partial charge is 0.304 e. The maximum Gasteiger partial charge on any atom is 0.276 e. The lowest BCUT2D eigenvalue weighted by molar-refractivity contribution is 0.0971. The van der Waals surface area contributed by atoms with Gasteiger partial charge < -0.3 is 4.57 Å². The molecule has 0 atom stereocenters. The van der Waals surface area contributed by atoms with Crippen molar-refractivity contribution in [2.45, 2.75) is 13.5 Å². The molecule has 3 aromatic rings. The van der Waals surface area contributed by atoms with Crippen molar-refractivity contribution in [3.63, 3.8) is 0 Å². The summed E-state index contributed by atoms with van der Waals surface area (Å²) in [7, 11) is 0. The van der Waals surface area contributed by atoms with E-state index in [1.807, 2.05) is 19.1 Å². The molecule has 2 aromatic heterocycles. The molecule has 6 heteroatoms. The quantitative estimate of drug-likeness (QED) is 0.507. The van der Waals surface area contributed by atoms with Crippen molar-refractivity contribution < 1.29 is 4.79 Å². The van der Waals surface area contributed by atoms with Gasteiger partial charge in [0.1, 0.15) is 5.52 Å². The number of benzene rings is 1. The molecule has 0 unspecified atom stereocenters. The van der Waals surface area contributed by atoms with Gasteiger partial charge in [-0.05, 0) is 47.7 Å². The van der Waals surface area contributed by atoms with E-state index in [4.69, 9.17) is 0 Å². The molecule has 0 bridgehead atoms. The van der Waals surface area contributed by atoms with E-state index in [2.05, 4.69) is 27.7 Å². The topological polar surface area (TPSA) is 56.4 Å². The van der Waals surface area contributed by atoms with Crippen LogP contribution in [0, 0.1) is 10.5 Å². The number of hydrogen-bond donors (Lipinski definition) is 0. The summed E-state index contributed by atoms with van der Waals surface area (Å²) in [5.41, 5.74) is 1.64. The first-order chi connectivity index (χ1) is 10.0. The highest BCUT2D eigenvalue weighted by atomic mass is 127. The Morgan fingerprint density at radius 1 is 1.24 bits per heavy atom. The highest BCUT2D eigenvalue weighted by Crippen LogP contribution is 2.08. The molecule has 0 N–H and O–H groups in total. The summed E-state index contributed by atoms with van der Waals surface area (Å²) in [5.74, 6) is -0.0888. The van der Waals surface area contributed by atoms with E-state index >= 15 is 0 Å². The molecule has 1 aromatic carbocycles. The van der Waals surface area contributed by atoms with Crippen LogP contribution in [0.5, 0.6) is 0 Å². The minimum absolute atomic E-state index is 0.0279. The number of Topliss-reactive ketones (excluding diaryl/α,β-unsaturated/α-hetero) is 1. The summed E-state index contributed by atoms with van der Waals surface area (Å²) in [6, 6.07) is 9.02. The molecule has 0 saturated heterocycles. The Labute approximate surface area is 134 Å². The number of ketones is 1. The second-order valence-corrected chi connectivity index (χ2v) is 6.02. The van der Waals surface area contributed by atoms with Crippen LogP contribution in [0.1, 0.15) is 16.1 Å². The fourth-order valence-electron chi connectivity index (χ4n) is 2.15. The lowest BCUT2D eigenvalue weighted by atomic mass is 10.1. The lowest BCUT2D eigenvalue weighted by Gasteiger charge is -2.05. The Kier molecular flexibility index (Phi) is 3.62. The molecule has 0 aliphatic carbocycles. The summed E-state index contributed by atoms with van der Waals surface area (Å²) < 4.78 is 4.01. The van der Waals surface area contributed by atoms with Crippen molar-refractivity contribution in [3.05, 3.63) is 67.9 Å². The minimum Gasteiger partial charge on any atom is -0.304 e. The number of nitrogens with zero attached hydrogens (tertiary/aromatic N) is 3. The van der Waals surface area contributed by atoms with Crippen LogP contribution in [0.3, 0.4) is 0 Å². The monoisotopic (exact) mass is 393 g/mol. The third-order valence-electron chi connectivity index (χ3n) is 3.21. The molecule has 106 valence electrons. The van der Waals surface area contributed by atoms with Crippen molar-refractivity contribution in [1.29, 1.82) is 0 Å². The van der Waals surface area contributed by atoms with Crippen molar-refractivity contribution in [3.8, 4) is 0 Å². The van der Waals surface area contributed by atoms with Gasteiger partial charge in [0.05, 0.1) is 12.2 Å². The summed E-state index contributed by atoms with van der Waals surface area (Å²) >= 11 is 2.18. The Morgan fingerprint density at radius 2 is 1.95 bits per heavy atom. The molecule has 0 saturated carbocycles. The summed E-state index contributed by atoms with van der Waals surface area (Å²) in [5, 5.41) is 4.18. The highest BCUT2D eigenvalue weighted by molar-refractivity contribution is 14.1. The van der Waals surface area contributed by atoms with Gasteiger partial charge >= 0.3 is 0 Å². The van der Waals surface area contributed by atoms with E-state index < -0.39 is 0 Å². The number of fused-ring (bicyclic) bond motifs is 1. The molecule has 0 aliphatic rings. The Bertz CT molecular complexity index is 878. The summed E-state index contributed by atoms with van der Waals surface area (Å²) in [4.78, 5) is 24.5. The van der Waals surface area contributed by atoms with Gasteiger partial charge in [-0.15, -0.1) is 0 Å². The van der Waals surface area contributed by atoms with E-state index in [0.717, 1.165) is 9.26 Å². The van der Waals surface area contributed by atoms with E-state index in [-0.39, 0.29) is 17.9 Å². The number of rotatable bonds is 3. The van der Waals surface area contributed by atoms with Crippen LogP contribution >= 0.6 is 22.6 Å². The molecule has 21 heavy (non-hydrogen) atoms. The zero-order valence-electron chi connectivity index (χ0n) is 11.3. The second kappa shape index (κ2) is 5.44. The molecule has 0 amide bonds. The van der Waals surface area contributed by atoms with Crippen LogP contribution in [0.25, 0.3) is 5.52 Å². The van der Waals surface area contributed by atoms with E-state index in [0.29, 0.717) is 11.1 Å². The molecule has 2 heterocycles. The third kappa shape index (κ3) is 2.76. The van der Waals surface area contributed by atoms with E-state index in [1.54, 1.807) is 30.6 Å². The van der Waals surface area contributed by atoms with Gasteiger partial charge in [-0.1, -0.05) is 12.1 Å². The highest BCUT2D eigenvalue weighted by Gasteiger charge is 2.10. The first-order valence-corrected chi connectivity index (χ1v) is 7.47. The fraction of sp³-hybridized carbons (Fsp3) is 0.133. The standard InChI is InChI=1S/C15H12IN3O2/c1-10-8-13-15(21)18(6-7-19(13)17-10)9-14(20)11-2-4-12(16)5-3-11/h2-8H,9H2,1H3. The molecule has 0 spiro atoms. The zero-order chi connectivity index (χ0) is 15.0. The van der Waals surface area contributed by atoms with Crippen LogP contribution in [0.2, 0.25) is 0 Å². The van der Waals surface area contributed by atoms with Gasteiger partial charge in [0.15, 0.2) is 5.78 Å². The van der Waals surface area contributed by atoms with Gasteiger partial charge in [-0.3, -0.25) is 9.59 Å². The van der Waals surface area contributed by atoms with Crippen LogP contribution in [0.15, 0.2) is 47.5 Å². The maximum absolute atomic E-state index is 12.3. The predicted molar refractivity (Wildman–Crippen MR) is 87.7 cm³/mol. The van der Waals surface area contributed by atoms with Crippen molar-refractivity contribution in [2.24, 2.45) is 0 Å². The molecular weight excluding hydrogens is 381 g/mol.